The van der Waals surface area contributed by atoms with Crippen molar-refractivity contribution < 1.29 is 4.79 Å². The number of hydrogen-bond acceptors (Lipinski definition) is 1. The first-order valence-corrected chi connectivity index (χ1v) is 10.5. The number of carbonyl (C=O) groups is 1. The van der Waals surface area contributed by atoms with Crippen molar-refractivity contribution in [3.63, 3.8) is 0 Å². The molecule has 1 N–H and O–H groups in total. The Morgan fingerprint density at radius 2 is 1.10 bits per heavy atom. The third-order valence-corrected chi connectivity index (χ3v) is 5.09. The lowest BCUT2D eigenvalue weighted by atomic mass is 9.86. The molecule has 0 bridgehead atoms. The van der Waals surface area contributed by atoms with E-state index < -0.39 is 0 Å². The molecular formula is C27H35NO. The highest BCUT2D eigenvalue weighted by molar-refractivity contribution is 5.89. The van der Waals surface area contributed by atoms with E-state index in [9.17, 15) is 4.79 Å². The van der Waals surface area contributed by atoms with Gasteiger partial charge in [0.05, 0.1) is 5.69 Å². The lowest BCUT2D eigenvalue weighted by Crippen LogP contribution is -2.10. The first-order valence-electron chi connectivity index (χ1n) is 10.5. The number of rotatable bonds is 3. The fraction of sp³-hybridized carbons (Fsp3) is 0.370. The summed E-state index contributed by atoms with van der Waals surface area (Å²) >= 11 is 0. The first kappa shape index (κ1) is 22.7. The summed E-state index contributed by atoms with van der Waals surface area (Å²) < 4.78 is 0. The summed E-state index contributed by atoms with van der Waals surface area (Å²) in [5.41, 5.74) is 7.49. The molecule has 0 saturated carbocycles. The van der Waals surface area contributed by atoms with Gasteiger partial charge in [-0.1, -0.05) is 104 Å². The average molecular weight is 390 g/mol. The molecule has 1 aromatic heterocycles. The van der Waals surface area contributed by atoms with Crippen LogP contribution in [0.1, 0.15) is 77.0 Å². The van der Waals surface area contributed by atoms with Crippen LogP contribution in [0, 0.1) is 0 Å². The second-order valence-electron chi connectivity index (χ2n) is 9.28. The number of aromatic amines is 1. The summed E-state index contributed by atoms with van der Waals surface area (Å²) in [7, 11) is 0. The molecule has 29 heavy (non-hydrogen) atoms. The van der Waals surface area contributed by atoms with Crippen LogP contribution in [-0.4, -0.2) is 11.3 Å². The Balaban J connectivity index is 0.00000145. The third-order valence-electron chi connectivity index (χ3n) is 5.09. The van der Waals surface area contributed by atoms with Crippen molar-refractivity contribution in [2.24, 2.45) is 0 Å². The first-order chi connectivity index (χ1) is 13.6. The molecule has 1 heterocycles. The summed E-state index contributed by atoms with van der Waals surface area (Å²) in [5, 5.41) is 0. The van der Waals surface area contributed by atoms with Crippen LogP contribution in [0.25, 0.3) is 22.4 Å². The maximum atomic E-state index is 11.6. The number of aromatic nitrogens is 1. The van der Waals surface area contributed by atoms with Crippen molar-refractivity contribution in [2.45, 2.75) is 66.2 Å². The fourth-order valence-electron chi connectivity index (χ4n) is 3.26. The third kappa shape index (κ3) is 5.26. The van der Waals surface area contributed by atoms with E-state index in [4.69, 9.17) is 0 Å². The summed E-state index contributed by atoms with van der Waals surface area (Å²) in [6.07, 6.45) is 0.903. The van der Waals surface area contributed by atoms with Crippen molar-refractivity contribution in [1.29, 1.82) is 0 Å². The van der Waals surface area contributed by atoms with E-state index in [0.717, 1.165) is 28.7 Å². The zero-order valence-corrected chi connectivity index (χ0v) is 19.2. The van der Waals surface area contributed by atoms with Crippen LogP contribution in [0.2, 0.25) is 0 Å². The quantitative estimate of drug-likeness (QED) is 0.456. The Morgan fingerprint density at radius 3 is 1.48 bits per heavy atom. The van der Waals surface area contributed by atoms with E-state index in [1.165, 1.54) is 11.1 Å². The van der Waals surface area contributed by atoms with Crippen LogP contribution in [0.15, 0.2) is 54.6 Å². The molecule has 0 saturated heterocycles. The second-order valence-corrected chi connectivity index (χ2v) is 9.28. The molecular weight excluding hydrogens is 354 g/mol. The van der Waals surface area contributed by atoms with E-state index in [0.29, 0.717) is 5.69 Å². The highest BCUT2D eigenvalue weighted by Crippen LogP contribution is 2.32. The van der Waals surface area contributed by atoms with Gasteiger partial charge in [-0.3, -0.25) is 4.79 Å². The number of hydrogen-bond donors (Lipinski definition) is 1. The molecule has 0 amide bonds. The van der Waals surface area contributed by atoms with Crippen LogP contribution in [0.5, 0.6) is 0 Å². The van der Waals surface area contributed by atoms with Crippen LogP contribution < -0.4 is 0 Å². The largest absolute Gasteiger partial charge is 0.352 e. The Kier molecular flexibility index (Phi) is 6.89. The highest BCUT2D eigenvalue weighted by atomic mass is 16.1. The predicted molar refractivity (Wildman–Crippen MR) is 126 cm³/mol. The van der Waals surface area contributed by atoms with Crippen molar-refractivity contribution >= 4 is 6.29 Å². The number of aldehydes is 1. The molecule has 0 aliphatic heterocycles. The standard InChI is InChI=1S/C25H29NO.C2H6/c1-24(2,3)19-11-7-17(8-12-19)21-15-22(26-23(21)16-27)18-9-13-20(14-10-18)25(4,5)6;1-2/h7-16,26H,1-6H3;1-2H3. The normalized spacial score (nSPS) is 11.6. The van der Waals surface area contributed by atoms with Crippen molar-refractivity contribution in [3.05, 3.63) is 71.4 Å². The van der Waals surface area contributed by atoms with Gasteiger partial charge < -0.3 is 4.98 Å². The van der Waals surface area contributed by atoms with Gasteiger partial charge in [-0.15, -0.1) is 0 Å². The smallest absolute Gasteiger partial charge is 0.166 e. The van der Waals surface area contributed by atoms with Gasteiger partial charge in [0.2, 0.25) is 0 Å². The minimum atomic E-state index is 0.115. The van der Waals surface area contributed by atoms with Crippen LogP contribution in [0.4, 0.5) is 0 Å². The van der Waals surface area contributed by atoms with Gasteiger partial charge in [-0.25, -0.2) is 0 Å². The molecule has 0 unspecified atom stereocenters. The minimum Gasteiger partial charge on any atom is -0.352 e. The van der Waals surface area contributed by atoms with Crippen LogP contribution in [-0.2, 0) is 10.8 Å². The fourth-order valence-corrected chi connectivity index (χ4v) is 3.26. The molecule has 3 rings (SSSR count). The molecule has 154 valence electrons. The molecule has 2 nitrogen and oxygen atoms in total. The predicted octanol–water partition coefficient (Wildman–Crippen LogP) is 7.78. The summed E-state index contributed by atoms with van der Waals surface area (Å²) in [5.74, 6) is 0. The van der Waals surface area contributed by atoms with Crippen LogP contribution in [0.3, 0.4) is 0 Å². The molecule has 2 aromatic carbocycles. The second kappa shape index (κ2) is 8.82. The summed E-state index contributed by atoms with van der Waals surface area (Å²) in [4.78, 5) is 14.9. The lowest BCUT2D eigenvalue weighted by molar-refractivity contribution is 0.112. The van der Waals surface area contributed by atoms with E-state index >= 15 is 0 Å². The van der Waals surface area contributed by atoms with E-state index in [2.05, 4.69) is 101 Å². The summed E-state index contributed by atoms with van der Waals surface area (Å²) in [6, 6.07) is 19.1. The number of nitrogens with one attached hydrogen (secondary N) is 1. The van der Waals surface area contributed by atoms with Gasteiger partial charge in [-0.2, -0.15) is 0 Å². The lowest BCUT2D eigenvalue weighted by Gasteiger charge is -2.19. The van der Waals surface area contributed by atoms with Crippen molar-refractivity contribution in [1.82, 2.24) is 4.98 Å². The molecule has 2 heteroatoms. The Labute approximate surface area is 176 Å². The minimum absolute atomic E-state index is 0.115. The van der Waals surface area contributed by atoms with Gasteiger partial charge in [0.1, 0.15) is 0 Å². The number of H-pyrrole nitrogens is 1. The van der Waals surface area contributed by atoms with Gasteiger partial charge in [0.25, 0.3) is 0 Å². The van der Waals surface area contributed by atoms with Gasteiger partial charge in [0, 0.05) is 11.3 Å². The molecule has 0 aliphatic rings. The number of carbonyl (C=O) groups excluding carboxylic acids is 1. The molecule has 0 spiro atoms. The monoisotopic (exact) mass is 389 g/mol. The Hall–Kier alpha value is -2.61. The average Bonchev–Trinajstić information content (AvgIpc) is 3.13. The molecule has 0 radical (unpaired) electrons. The van der Waals surface area contributed by atoms with E-state index in [1.54, 1.807) is 0 Å². The van der Waals surface area contributed by atoms with E-state index in [1.807, 2.05) is 13.8 Å². The molecule has 0 fully saturated rings. The SMILES string of the molecule is CC.CC(C)(C)c1ccc(-c2cc(-c3ccc(C(C)(C)C)cc3)c(C=O)[nH]2)cc1. The zero-order valence-electron chi connectivity index (χ0n) is 19.2. The van der Waals surface area contributed by atoms with Crippen LogP contribution >= 0.6 is 0 Å². The molecule has 3 aromatic rings. The van der Waals surface area contributed by atoms with Gasteiger partial charge in [0.15, 0.2) is 6.29 Å². The highest BCUT2D eigenvalue weighted by Gasteiger charge is 2.16. The topological polar surface area (TPSA) is 32.9 Å². The van der Waals surface area contributed by atoms with Crippen molar-refractivity contribution in [2.75, 3.05) is 0 Å². The number of benzene rings is 2. The summed E-state index contributed by atoms with van der Waals surface area (Å²) in [6.45, 7) is 17.2. The van der Waals surface area contributed by atoms with Gasteiger partial charge >= 0.3 is 0 Å². The Morgan fingerprint density at radius 1 is 0.690 bits per heavy atom. The Bertz CT molecular complexity index is 930. The van der Waals surface area contributed by atoms with Gasteiger partial charge in [-0.05, 0) is 39.2 Å². The zero-order chi connectivity index (χ0) is 21.8. The molecule has 0 aliphatic carbocycles. The molecule has 0 atom stereocenters. The maximum Gasteiger partial charge on any atom is 0.166 e. The maximum absolute atomic E-state index is 11.6. The van der Waals surface area contributed by atoms with E-state index in [-0.39, 0.29) is 10.8 Å². The van der Waals surface area contributed by atoms with Crippen molar-refractivity contribution in [3.8, 4) is 22.4 Å².